The summed E-state index contributed by atoms with van der Waals surface area (Å²) in [5.41, 5.74) is 3.47. The minimum absolute atomic E-state index is 0.116. The normalized spacial score (nSPS) is 12.7. The van der Waals surface area contributed by atoms with Gasteiger partial charge < -0.3 is 5.11 Å². The van der Waals surface area contributed by atoms with Crippen molar-refractivity contribution in [3.05, 3.63) is 100 Å². The van der Waals surface area contributed by atoms with Gasteiger partial charge in [0.05, 0.1) is 0 Å². The molecule has 1 aliphatic carbocycles. The highest BCUT2D eigenvalue weighted by atomic mass is 16.3. The molecule has 3 heteroatoms. The van der Waals surface area contributed by atoms with Gasteiger partial charge in [0.1, 0.15) is 5.75 Å². The first kappa shape index (κ1) is 14.4. The maximum atomic E-state index is 12.7. The molecule has 0 spiro atoms. The van der Waals surface area contributed by atoms with Crippen LogP contribution in [0.3, 0.4) is 0 Å². The maximum absolute atomic E-state index is 12.7. The van der Waals surface area contributed by atoms with Crippen LogP contribution in [0.1, 0.15) is 43.0 Å². The number of rotatable bonds is 2. The van der Waals surface area contributed by atoms with Crippen LogP contribution in [-0.2, 0) is 6.42 Å². The first-order valence-electron chi connectivity index (χ1n) is 7.73. The van der Waals surface area contributed by atoms with Gasteiger partial charge in [0.2, 0.25) is 0 Å². The van der Waals surface area contributed by atoms with Gasteiger partial charge in [-0.3, -0.25) is 9.59 Å². The standard InChI is InChI=1S/C21H14O3/c22-19-8-4-1-5-14(19)11-13-9-10-17-18(12-13)21(24)16-7-3-2-6-15(16)20(17)23/h1-10,12,22H,11H2. The quantitative estimate of drug-likeness (QED) is 0.613. The molecule has 0 aliphatic heterocycles. The number of carbonyl (C=O) groups excluding carboxylic acids is 2. The summed E-state index contributed by atoms with van der Waals surface area (Å²) < 4.78 is 0. The van der Waals surface area contributed by atoms with E-state index in [2.05, 4.69) is 0 Å². The number of phenolic OH excluding ortho intramolecular Hbond substituents is 1. The average molecular weight is 314 g/mol. The average Bonchev–Trinajstić information content (AvgIpc) is 2.62. The number of hydrogen-bond donors (Lipinski definition) is 1. The van der Waals surface area contributed by atoms with Crippen molar-refractivity contribution >= 4 is 11.6 Å². The molecule has 0 amide bonds. The lowest BCUT2D eigenvalue weighted by Gasteiger charge is -2.18. The number of ketones is 2. The molecule has 0 unspecified atom stereocenters. The predicted molar refractivity (Wildman–Crippen MR) is 90.7 cm³/mol. The third-order valence-electron chi connectivity index (χ3n) is 4.38. The molecule has 0 radical (unpaired) electrons. The van der Waals surface area contributed by atoms with Crippen LogP contribution in [0.2, 0.25) is 0 Å². The van der Waals surface area contributed by atoms with Crippen molar-refractivity contribution in [1.82, 2.24) is 0 Å². The van der Waals surface area contributed by atoms with Crippen molar-refractivity contribution in [2.75, 3.05) is 0 Å². The van der Waals surface area contributed by atoms with E-state index in [1.807, 2.05) is 18.2 Å². The minimum atomic E-state index is -0.126. The Kier molecular flexibility index (Phi) is 3.28. The molecule has 3 aromatic rings. The Morgan fingerprint density at radius 2 is 1.25 bits per heavy atom. The van der Waals surface area contributed by atoms with E-state index in [9.17, 15) is 14.7 Å². The minimum Gasteiger partial charge on any atom is -0.508 e. The van der Waals surface area contributed by atoms with E-state index in [1.54, 1.807) is 48.5 Å². The van der Waals surface area contributed by atoms with Crippen LogP contribution in [0, 0.1) is 0 Å². The zero-order valence-corrected chi connectivity index (χ0v) is 12.8. The van der Waals surface area contributed by atoms with Gasteiger partial charge in [-0.25, -0.2) is 0 Å². The smallest absolute Gasteiger partial charge is 0.194 e. The molecular weight excluding hydrogens is 300 g/mol. The van der Waals surface area contributed by atoms with Gasteiger partial charge in [-0.15, -0.1) is 0 Å². The second kappa shape index (κ2) is 5.46. The van der Waals surface area contributed by atoms with Gasteiger partial charge in [0.25, 0.3) is 0 Å². The van der Waals surface area contributed by atoms with Crippen molar-refractivity contribution < 1.29 is 14.7 Å². The summed E-state index contributed by atoms with van der Waals surface area (Å²) in [6, 6.07) is 19.3. The predicted octanol–water partition coefficient (Wildman–Crippen LogP) is 3.76. The van der Waals surface area contributed by atoms with Crippen LogP contribution in [-0.4, -0.2) is 16.7 Å². The number of aromatic hydroxyl groups is 1. The van der Waals surface area contributed by atoms with Crippen LogP contribution in [0.15, 0.2) is 66.7 Å². The van der Waals surface area contributed by atoms with Gasteiger partial charge in [0, 0.05) is 28.7 Å². The van der Waals surface area contributed by atoms with Crippen molar-refractivity contribution in [3.8, 4) is 5.75 Å². The molecule has 1 N–H and O–H groups in total. The highest BCUT2D eigenvalue weighted by Gasteiger charge is 2.29. The molecule has 24 heavy (non-hydrogen) atoms. The molecule has 0 saturated carbocycles. The van der Waals surface area contributed by atoms with E-state index < -0.39 is 0 Å². The van der Waals surface area contributed by atoms with Gasteiger partial charge in [-0.2, -0.15) is 0 Å². The largest absolute Gasteiger partial charge is 0.508 e. The van der Waals surface area contributed by atoms with Crippen molar-refractivity contribution in [3.63, 3.8) is 0 Å². The Hall–Kier alpha value is -3.20. The summed E-state index contributed by atoms with van der Waals surface area (Å²) in [5, 5.41) is 9.91. The third kappa shape index (κ3) is 2.22. The fourth-order valence-electron chi connectivity index (χ4n) is 3.14. The fourth-order valence-corrected chi connectivity index (χ4v) is 3.14. The monoisotopic (exact) mass is 314 g/mol. The van der Waals surface area contributed by atoms with Crippen LogP contribution in [0.5, 0.6) is 5.75 Å². The lowest BCUT2D eigenvalue weighted by atomic mass is 9.83. The topological polar surface area (TPSA) is 54.4 Å². The second-order valence-corrected chi connectivity index (χ2v) is 5.89. The lowest BCUT2D eigenvalue weighted by molar-refractivity contribution is 0.0979. The number of para-hydroxylation sites is 1. The Bertz CT molecular complexity index is 986. The molecule has 0 aromatic heterocycles. The molecule has 0 saturated heterocycles. The van der Waals surface area contributed by atoms with Crippen LogP contribution in [0.4, 0.5) is 0 Å². The molecule has 0 bridgehead atoms. The first-order chi connectivity index (χ1) is 11.6. The molecule has 0 fully saturated rings. The Morgan fingerprint density at radius 3 is 1.96 bits per heavy atom. The highest BCUT2D eigenvalue weighted by molar-refractivity contribution is 6.28. The summed E-state index contributed by atoms with van der Waals surface area (Å²) in [4.78, 5) is 25.3. The number of phenols is 1. The summed E-state index contributed by atoms with van der Waals surface area (Å²) in [7, 11) is 0. The zero-order valence-electron chi connectivity index (χ0n) is 12.8. The summed E-state index contributed by atoms with van der Waals surface area (Å²) in [5.74, 6) is -0.0170. The van der Waals surface area contributed by atoms with E-state index in [1.165, 1.54) is 0 Å². The molecule has 116 valence electrons. The highest BCUT2D eigenvalue weighted by Crippen LogP contribution is 2.29. The van der Waals surface area contributed by atoms with Gasteiger partial charge in [-0.1, -0.05) is 54.6 Å². The zero-order chi connectivity index (χ0) is 16.7. The maximum Gasteiger partial charge on any atom is 0.194 e. The summed E-state index contributed by atoms with van der Waals surface area (Å²) in [6.07, 6.45) is 0.503. The van der Waals surface area contributed by atoms with E-state index in [4.69, 9.17) is 0 Å². The lowest BCUT2D eigenvalue weighted by Crippen LogP contribution is -2.21. The van der Waals surface area contributed by atoms with E-state index in [0.29, 0.717) is 28.7 Å². The van der Waals surface area contributed by atoms with Gasteiger partial charge >= 0.3 is 0 Å². The number of fused-ring (bicyclic) bond motifs is 2. The SMILES string of the molecule is O=C1c2ccccc2C(=O)c2cc(Cc3ccccc3O)ccc21. The number of hydrogen-bond acceptors (Lipinski definition) is 3. The number of carbonyl (C=O) groups is 2. The Morgan fingerprint density at radius 1 is 0.667 bits per heavy atom. The van der Waals surface area contributed by atoms with Gasteiger partial charge in [0.15, 0.2) is 11.6 Å². The summed E-state index contributed by atoms with van der Waals surface area (Å²) >= 11 is 0. The van der Waals surface area contributed by atoms with Gasteiger partial charge in [-0.05, 0) is 23.3 Å². The van der Waals surface area contributed by atoms with Crippen molar-refractivity contribution in [2.24, 2.45) is 0 Å². The third-order valence-corrected chi connectivity index (χ3v) is 4.38. The molecule has 1 aliphatic rings. The molecular formula is C21H14O3. The number of benzene rings is 3. The molecule has 4 rings (SSSR count). The molecule has 3 nitrogen and oxygen atoms in total. The molecule has 0 atom stereocenters. The second-order valence-electron chi connectivity index (χ2n) is 5.89. The van der Waals surface area contributed by atoms with Crippen LogP contribution < -0.4 is 0 Å². The summed E-state index contributed by atoms with van der Waals surface area (Å²) in [6.45, 7) is 0. The van der Waals surface area contributed by atoms with E-state index in [-0.39, 0.29) is 17.3 Å². The molecule has 0 heterocycles. The Balaban J connectivity index is 1.77. The van der Waals surface area contributed by atoms with Crippen LogP contribution >= 0.6 is 0 Å². The first-order valence-corrected chi connectivity index (χ1v) is 7.73. The molecule has 3 aromatic carbocycles. The van der Waals surface area contributed by atoms with E-state index in [0.717, 1.165) is 11.1 Å². The van der Waals surface area contributed by atoms with E-state index >= 15 is 0 Å². The van der Waals surface area contributed by atoms with Crippen LogP contribution in [0.25, 0.3) is 0 Å². The Labute approximate surface area is 139 Å². The fraction of sp³-hybridized carbons (Fsp3) is 0.0476. The van der Waals surface area contributed by atoms with Crippen molar-refractivity contribution in [1.29, 1.82) is 0 Å². The van der Waals surface area contributed by atoms with Crippen molar-refractivity contribution in [2.45, 2.75) is 6.42 Å².